The van der Waals surface area contributed by atoms with E-state index in [0.717, 1.165) is 23.7 Å². The number of imidazole rings is 1. The molecule has 8 heteroatoms. The number of carbonyl (C=O) groups is 1. The molecule has 0 bridgehead atoms. The van der Waals surface area contributed by atoms with Gasteiger partial charge in [0.05, 0.1) is 11.3 Å². The van der Waals surface area contributed by atoms with Crippen LogP contribution in [0.15, 0.2) is 24.3 Å². The molecule has 1 aromatic carbocycles. The Bertz CT molecular complexity index is 927. The van der Waals surface area contributed by atoms with Crippen LogP contribution >= 0.6 is 0 Å². The molecule has 1 N–H and O–H groups in total. The summed E-state index contributed by atoms with van der Waals surface area (Å²) in [5.74, 6) is 0.929. The van der Waals surface area contributed by atoms with Gasteiger partial charge < -0.3 is 14.6 Å². The zero-order valence-corrected chi connectivity index (χ0v) is 17.9. The fraction of sp³-hybridized carbons (Fsp3) is 0.545. The highest BCUT2D eigenvalue weighted by Crippen LogP contribution is 2.40. The number of rotatable bonds is 2. The number of alkyl halides is 3. The first-order valence-corrected chi connectivity index (χ1v) is 10.0. The average molecular weight is 423 g/mol. The number of carboxylic acid groups (broad SMARTS) is 1. The molecular formula is C22H28F3N3O2. The van der Waals surface area contributed by atoms with Crippen LogP contribution in [0.5, 0.6) is 0 Å². The molecule has 0 radical (unpaired) electrons. The van der Waals surface area contributed by atoms with Crippen LogP contribution in [0.25, 0.3) is 11.3 Å². The van der Waals surface area contributed by atoms with E-state index < -0.39 is 17.8 Å². The van der Waals surface area contributed by atoms with Crippen molar-refractivity contribution in [3.8, 4) is 11.3 Å². The lowest BCUT2D eigenvalue weighted by Gasteiger charge is -2.44. The first kappa shape index (κ1) is 22.2. The van der Waals surface area contributed by atoms with Gasteiger partial charge in [-0.15, -0.1) is 0 Å². The van der Waals surface area contributed by atoms with Gasteiger partial charge in [-0.3, -0.25) is 0 Å². The maximum absolute atomic E-state index is 12.9. The molecule has 1 saturated heterocycles. The Hall–Kier alpha value is -2.51. The van der Waals surface area contributed by atoms with Crippen LogP contribution in [0.4, 0.5) is 18.0 Å². The van der Waals surface area contributed by atoms with Crippen molar-refractivity contribution in [1.82, 2.24) is 14.5 Å². The molecule has 2 unspecified atom stereocenters. The molecule has 30 heavy (non-hydrogen) atoms. The summed E-state index contributed by atoms with van der Waals surface area (Å²) in [5.41, 5.74) is 1.27. The predicted molar refractivity (Wildman–Crippen MR) is 108 cm³/mol. The van der Waals surface area contributed by atoms with Gasteiger partial charge in [0, 0.05) is 36.8 Å². The Balaban J connectivity index is 1.92. The topological polar surface area (TPSA) is 58.4 Å². The van der Waals surface area contributed by atoms with Gasteiger partial charge in [0.2, 0.25) is 0 Å². The molecule has 1 fully saturated rings. The quantitative estimate of drug-likeness (QED) is 0.675. The zero-order valence-electron chi connectivity index (χ0n) is 17.9. The molecule has 5 nitrogen and oxygen atoms in total. The zero-order chi connectivity index (χ0) is 22.4. The van der Waals surface area contributed by atoms with Crippen LogP contribution in [0, 0.1) is 12.3 Å². The molecule has 164 valence electrons. The average Bonchev–Trinajstić information content (AvgIpc) is 2.95. The maximum atomic E-state index is 12.9. The summed E-state index contributed by atoms with van der Waals surface area (Å²) in [7, 11) is 1.90. The molecule has 0 spiro atoms. The predicted octanol–water partition coefficient (Wildman–Crippen LogP) is 5.69. The van der Waals surface area contributed by atoms with Crippen molar-refractivity contribution < 1.29 is 23.1 Å². The third-order valence-electron chi connectivity index (χ3n) is 6.11. The summed E-state index contributed by atoms with van der Waals surface area (Å²) in [6.07, 6.45) is -3.96. The first-order valence-electron chi connectivity index (χ1n) is 10.0. The second-order valence-corrected chi connectivity index (χ2v) is 9.12. The smallest absolute Gasteiger partial charge is 0.416 e. The molecule has 0 saturated carbocycles. The van der Waals surface area contributed by atoms with E-state index in [0.29, 0.717) is 30.6 Å². The summed E-state index contributed by atoms with van der Waals surface area (Å²) >= 11 is 0. The molecule has 1 aromatic heterocycles. The van der Waals surface area contributed by atoms with E-state index in [4.69, 9.17) is 4.98 Å². The normalized spacial score (nSPS) is 20.5. The lowest BCUT2D eigenvalue weighted by molar-refractivity contribution is -0.137. The SMILES string of the molecule is Cc1c(-c2ccc(C(F)(F)F)cc2)nc(C2CCN(C(=O)O)C(C(C)(C)C)C2)n1C. The van der Waals surface area contributed by atoms with Crippen LogP contribution in [0.3, 0.4) is 0 Å². The summed E-state index contributed by atoms with van der Waals surface area (Å²) in [6, 6.07) is 4.91. The lowest BCUT2D eigenvalue weighted by Crippen LogP contribution is -2.51. The van der Waals surface area contributed by atoms with Crippen molar-refractivity contribution in [3.05, 3.63) is 41.3 Å². The van der Waals surface area contributed by atoms with Gasteiger partial charge in [-0.25, -0.2) is 9.78 Å². The molecule has 1 aliphatic heterocycles. The molecule has 1 aliphatic rings. The van der Waals surface area contributed by atoms with Crippen LogP contribution in [-0.4, -0.2) is 38.2 Å². The molecule has 2 atom stereocenters. The Morgan fingerprint density at radius 2 is 1.77 bits per heavy atom. The Morgan fingerprint density at radius 3 is 2.27 bits per heavy atom. The van der Waals surface area contributed by atoms with Crippen LogP contribution in [-0.2, 0) is 13.2 Å². The lowest BCUT2D eigenvalue weighted by atomic mass is 9.77. The number of piperidine rings is 1. The highest BCUT2D eigenvalue weighted by atomic mass is 19.4. The van der Waals surface area contributed by atoms with E-state index in [-0.39, 0.29) is 17.4 Å². The number of nitrogens with zero attached hydrogens (tertiary/aromatic N) is 3. The summed E-state index contributed by atoms with van der Waals surface area (Å²) in [4.78, 5) is 18.0. The van der Waals surface area contributed by atoms with Crippen molar-refractivity contribution in [2.75, 3.05) is 6.54 Å². The van der Waals surface area contributed by atoms with Crippen molar-refractivity contribution >= 4 is 6.09 Å². The second-order valence-electron chi connectivity index (χ2n) is 9.12. The van der Waals surface area contributed by atoms with Gasteiger partial charge in [-0.05, 0) is 37.3 Å². The number of benzene rings is 1. The van der Waals surface area contributed by atoms with Crippen LogP contribution in [0.2, 0.25) is 0 Å². The van der Waals surface area contributed by atoms with Crippen molar-refractivity contribution in [1.29, 1.82) is 0 Å². The number of halogens is 3. The van der Waals surface area contributed by atoms with Crippen LogP contribution in [0.1, 0.15) is 56.6 Å². The minimum absolute atomic E-state index is 0.0803. The van der Waals surface area contributed by atoms with E-state index in [2.05, 4.69) is 0 Å². The number of amides is 1. The van der Waals surface area contributed by atoms with Gasteiger partial charge in [0.1, 0.15) is 5.82 Å². The fourth-order valence-electron chi connectivity index (χ4n) is 4.31. The molecule has 2 aromatic rings. The van der Waals surface area contributed by atoms with E-state index in [1.165, 1.54) is 17.0 Å². The molecule has 0 aliphatic carbocycles. The Morgan fingerprint density at radius 1 is 1.17 bits per heavy atom. The Labute approximate surface area is 174 Å². The van der Waals surface area contributed by atoms with Gasteiger partial charge in [-0.2, -0.15) is 13.2 Å². The van der Waals surface area contributed by atoms with Gasteiger partial charge in [0.15, 0.2) is 0 Å². The summed E-state index contributed by atoms with van der Waals surface area (Å²) in [5, 5.41) is 9.58. The van der Waals surface area contributed by atoms with Crippen molar-refractivity contribution in [2.45, 2.75) is 58.7 Å². The third-order valence-corrected chi connectivity index (χ3v) is 6.11. The van der Waals surface area contributed by atoms with Gasteiger partial charge in [0.25, 0.3) is 0 Å². The molecule has 2 heterocycles. The highest BCUT2D eigenvalue weighted by Gasteiger charge is 2.40. The van der Waals surface area contributed by atoms with E-state index in [1.807, 2.05) is 39.3 Å². The fourth-order valence-corrected chi connectivity index (χ4v) is 4.31. The standard InChI is InChI=1S/C22H28F3N3O2/c1-13-18(14-6-8-16(9-7-14)22(23,24)25)26-19(27(13)5)15-10-11-28(20(29)30)17(12-15)21(2,3)4/h6-9,15,17H,10-12H2,1-5H3,(H,29,30). The monoisotopic (exact) mass is 423 g/mol. The second kappa shape index (κ2) is 7.63. The summed E-state index contributed by atoms with van der Waals surface area (Å²) < 4.78 is 40.6. The highest BCUT2D eigenvalue weighted by molar-refractivity contribution is 5.66. The van der Waals surface area contributed by atoms with Crippen LogP contribution < -0.4 is 0 Å². The van der Waals surface area contributed by atoms with E-state index in [9.17, 15) is 23.1 Å². The minimum atomic E-state index is -4.37. The van der Waals surface area contributed by atoms with E-state index in [1.54, 1.807) is 0 Å². The number of aromatic nitrogens is 2. The van der Waals surface area contributed by atoms with Crippen molar-refractivity contribution in [2.24, 2.45) is 12.5 Å². The number of hydrogen-bond acceptors (Lipinski definition) is 2. The largest absolute Gasteiger partial charge is 0.465 e. The number of likely N-dealkylation sites (tertiary alicyclic amines) is 1. The molecule has 3 rings (SSSR count). The third kappa shape index (κ3) is 4.18. The van der Waals surface area contributed by atoms with E-state index >= 15 is 0 Å². The Kier molecular flexibility index (Phi) is 5.64. The molecule has 1 amide bonds. The maximum Gasteiger partial charge on any atom is 0.416 e. The minimum Gasteiger partial charge on any atom is -0.465 e. The van der Waals surface area contributed by atoms with Crippen molar-refractivity contribution in [3.63, 3.8) is 0 Å². The number of hydrogen-bond donors (Lipinski definition) is 1. The first-order chi connectivity index (χ1) is 13.8. The molecular weight excluding hydrogens is 395 g/mol. The summed E-state index contributed by atoms with van der Waals surface area (Å²) in [6.45, 7) is 8.44. The van der Waals surface area contributed by atoms with Gasteiger partial charge in [-0.1, -0.05) is 32.9 Å². The van der Waals surface area contributed by atoms with Gasteiger partial charge >= 0.3 is 12.3 Å².